The highest BCUT2D eigenvalue weighted by atomic mass is 35.5. The lowest BCUT2D eigenvalue weighted by Gasteiger charge is -2.13. The predicted octanol–water partition coefficient (Wildman–Crippen LogP) is 3.95. The predicted molar refractivity (Wildman–Crippen MR) is 93.5 cm³/mol. The van der Waals surface area contributed by atoms with Crippen LogP contribution in [0.4, 0.5) is 13.2 Å². The van der Waals surface area contributed by atoms with E-state index < -0.39 is 12.3 Å². The van der Waals surface area contributed by atoms with Crippen LogP contribution in [0.5, 0.6) is 11.6 Å². The molecule has 0 saturated heterocycles. The smallest absolute Gasteiger partial charge is 0.496 e. The summed E-state index contributed by atoms with van der Waals surface area (Å²) in [6.45, 7) is 1.15. The second-order valence-electron chi connectivity index (χ2n) is 4.99. The van der Waals surface area contributed by atoms with Crippen molar-refractivity contribution in [3.8, 4) is 22.8 Å². The number of nitrogens with zero attached hydrogens (tertiary/aromatic N) is 1. The Bertz CT molecular complexity index is 785. The van der Waals surface area contributed by atoms with Crippen molar-refractivity contribution in [1.82, 2.24) is 4.98 Å². The summed E-state index contributed by atoms with van der Waals surface area (Å²) in [4.78, 5) is 13.7. The lowest BCUT2D eigenvalue weighted by Crippen LogP contribution is -2.16. The van der Waals surface area contributed by atoms with Gasteiger partial charge in [0.15, 0.2) is 0 Å². The van der Waals surface area contributed by atoms with Gasteiger partial charge in [0, 0.05) is 30.8 Å². The summed E-state index contributed by atoms with van der Waals surface area (Å²) in [5.74, 6) is -0.133. The number of halogens is 4. The van der Waals surface area contributed by atoms with Gasteiger partial charge in [-0.1, -0.05) is 23.7 Å². The molecule has 27 heavy (non-hydrogen) atoms. The molecule has 0 unspecified atom stereocenters. The lowest BCUT2D eigenvalue weighted by molar-refractivity contribution is -0.304. The summed E-state index contributed by atoms with van der Waals surface area (Å²) in [5, 5.41) is 0.542. The van der Waals surface area contributed by atoms with Gasteiger partial charge in [0.25, 0.3) is 0 Å². The number of methoxy groups -OCH3 is 2. The van der Waals surface area contributed by atoms with Crippen LogP contribution in [0.1, 0.15) is 12.5 Å². The van der Waals surface area contributed by atoms with Crippen LogP contribution in [0.25, 0.3) is 11.1 Å². The average Bonchev–Trinajstić information content (AvgIpc) is 2.59. The van der Waals surface area contributed by atoms with E-state index in [1.54, 1.807) is 26.5 Å². The van der Waals surface area contributed by atoms with Gasteiger partial charge in [0.05, 0.1) is 19.2 Å². The van der Waals surface area contributed by atoms with Gasteiger partial charge < -0.3 is 19.9 Å². The fourth-order valence-corrected chi connectivity index (χ4v) is 2.19. The Labute approximate surface area is 159 Å². The molecule has 0 amide bonds. The highest BCUT2D eigenvalue weighted by molar-refractivity contribution is 6.30. The first-order valence-electron chi connectivity index (χ1n) is 7.44. The Balaban J connectivity index is 0.000000387. The molecule has 10 heteroatoms. The molecule has 0 bridgehead atoms. The topological polar surface area (TPSA) is 83.7 Å². The van der Waals surface area contributed by atoms with Crippen LogP contribution < -0.4 is 15.2 Å². The number of aromatic nitrogens is 1. The van der Waals surface area contributed by atoms with Crippen molar-refractivity contribution >= 4 is 17.6 Å². The number of pyridine rings is 1. The Morgan fingerprint density at radius 3 is 2.30 bits per heavy atom. The molecule has 0 fully saturated rings. The first-order valence-corrected chi connectivity index (χ1v) is 7.82. The molecule has 6 nitrogen and oxygen atoms in total. The molecule has 1 aromatic heterocycles. The van der Waals surface area contributed by atoms with Gasteiger partial charge in [-0.2, -0.15) is 0 Å². The molecule has 0 atom stereocenters. The third-order valence-electron chi connectivity index (χ3n) is 3.06. The number of nitrogens with two attached hydrogens (primary N) is 1. The zero-order valence-corrected chi connectivity index (χ0v) is 15.5. The maximum Gasteiger partial charge on any atom is 0.575 e. The second-order valence-corrected chi connectivity index (χ2v) is 5.42. The minimum Gasteiger partial charge on any atom is -0.496 e. The quantitative estimate of drug-likeness (QED) is 0.774. The van der Waals surface area contributed by atoms with Crippen LogP contribution in [-0.2, 0) is 16.1 Å². The number of hydrogen-bond donors (Lipinski definition) is 1. The van der Waals surface area contributed by atoms with E-state index in [0.717, 1.165) is 16.7 Å². The molecule has 2 rings (SSSR count). The number of esters is 1. The normalized spacial score (nSPS) is 10.5. The zero-order chi connectivity index (χ0) is 20.6. The van der Waals surface area contributed by atoms with Gasteiger partial charge in [0.1, 0.15) is 5.75 Å². The van der Waals surface area contributed by atoms with Gasteiger partial charge in [0.2, 0.25) is 5.88 Å². The maximum absolute atomic E-state index is 10.9. The average molecular weight is 407 g/mol. The van der Waals surface area contributed by atoms with Gasteiger partial charge in [-0.15, -0.1) is 13.2 Å². The van der Waals surface area contributed by atoms with E-state index in [4.69, 9.17) is 26.8 Å². The van der Waals surface area contributed by atoms with Crippen LogP contribution in [0, 0.1) is 0 Å². The van der Waals surface area contributed by atoms with Crippen molar-refractivity contribution in [1.29, 1.82) is 0 Å². The van der Waals surface area contributed by atoms with E-state index >= 15 is 0 Å². The summed E-state index contributed by atoms with van der Waals surface area (Å²) >= 11 is 6.00. The third kappa shape index (κ3) is 7.32. The Morgan fingerprint density at radius 2 is 1.85 bits per heavy atom. The SMILES string of the molecule is CC(=O)OC(F)(F)F.COc1cc(CN)ccc1-c1cc(Cl)cnc1OC. The number of hydrogen-bond acceptors (Lipinski definition) is 6. The van der Waals surface area contributed by atoms with E-state index in [1.807, 2.05) is 18.2 Å². The highest BCUT2D eigenvalue weighted by Crippen LogP contribution is 2.37. The first kappa shape index (κ1) is 22.5. The monoisotopic (exact) mass is 406 g/mol. The van der Waals surface area contributed by atoms with Crippen molar-refractivity contribution in [2.24, 2.45) is 5.73 Å². The minimum absolute atomic E-state index is 0.460. The second kappa shape index (κ2) is 9.98. The lowest BCUT2D eigenvalue weighted by atomic mass is 10.0. The van der Waals surface area contributed by atoms with Crippen molar-refractivity contribution in [2.75, 3.05) is 14.2 Å². The number of ether oxygens (including phenoxy) is 3. The van der Waals surface area contributed by atoms with Gasteiger partial charge >= 0.3 is 12.3 Å². The minimum atomic E-state index is -4.83. The number of carbonyl (C=O) groups is 1. The molecule has 0 radical (unpaired) electrons. The summed E-state index contributed by atoms with van der Waals surface area (Å²) in [7, 11) is 3.18. The van der Waals surface area contributed by atoms with Crippen LogP contribution in [0.15, 0.2) is 30.5 Å². The molecular weight excluding hydrogens is 389 g/mol. The Hall–Kier alpha value is -2.52. The molecule has 1 aromatic carbocycles. The van der Waals surface area contributed by atoms with E-state index in [0.29, 0.717) is 30.1 Å². The van der Waals surface area contributed by atoms with Gasteiger partial charge in [-0.05, 0) is 17.7 Å². The molecule has 2 aromatic rings. The van der Waals surface area contributed by atoms with Crippen LogP contribution in [-0.4, -0.2) is 31.5 Å². The summed E-state index contributed by atoms with van der Waals surface area (Å²) in [6.07, 6.45) is -3.28. The fraction of sp³-hybridized carbons (Fsp3) is 0.294. The molecule has 148 valence electrons. The van der Waals surface area contributed by atoms with Crippen molar-refractivity contribution < 1.29 is 32.2 Å². The molecule has 0 spiro atoms. The third-order valence-corrected chi connectivity index (χ3v) is 3.27. The van der Waals surface area contributed by atoms with Crippen LogP contribution in [0.2, 0.25) is 5.02 Å². The van der Waals surface area contributed by atoms with Crippen LogP contribution >= 0.6 is 11.6 Å². The van der Waals surface area contributed by atoms with Crippen molar-refractivity contribution in [2.45, 2.75) is 19.8 Å². The van der Waals surface area contributed by atoms with Crippen LogP contribution in [0.3, 0.4) is 0 Å². The number of alkyl halides is 3. The maximum atomic E-state index is 10.9. The zero-order valence-electron chi connectivity index (χ0n) is 14.8. The first-order chi connectivity index (χ1) is 12.6. The van der Waals surface area contributed by atoms with E-state index in [1.165, 1.54) is 0 Å². The van der Waals surface area contributed by atoms with E-state index in [9.17, 15) is 18.0 Å². The van der Waals surface area contributed by atoms with Crippen molar-refractivity contribution in [3.63, 3.8) is 0 Å². The molecule has 1 heterocycles. The number of rotatable bonds is 4. The largest absolute Gasteiger partial charge is 0.575 e. The molecule has 0 saturated carbocycles. The Morgan fingerprint density at radius 1 is 1.19 bits per heavy atom. The Kier molecular flexibility index (Phi) is 8.32. The summed E-state index contributed by atoms with van der Waals surface area (Å²) < 4.78 is 46.0. The van der Waals surface area contributed by atoms with Gasteiger partial charge in [-0.25, -0.2) is 4.98 Å². The van der Waals surface area contributed by atoms with Crippen molar-refractivity contribution in [3.05, 3.63) is 41.0 Å². The fourth-order valence-electron chi connectivity index (χ4n) is 2.03. The molecular formula is C17H18ClF3N2O4. The van der Waals surface area contributed by atoms with E-state index in [2.05, 4.69) is 9.72 Å². The standard InChI is InChI=1S/C14H15ClN2O2.C3H3F3O2/c1-18-13-5-9(7-16)3-4-11(13)12-6-10(15)8-17-14(12)19-2;1-2(7)8-3(4,5)6/h3-6,8H,7,16H2,1-2H3;1H3. The summed E-state index contributed by atoms with van der Waals surface area (Å²) in [6, 6.07) is 7.57. The van der Waals surface area contributed by atoms with Gasteiger partial charge in [-0.3, -0.25) is 4.79 Å². The summed E-state index contributed by atoms with van der Waals surface area (Å²) in [5.41, 5.74) is 8.28. The molecule has 2 N–H and O–H groups in total. The van der Waals surface area contributed by atoms with E-state index in [-0.39, 0.29) is 0 Å². The highest BCUT2D eigenvalue weighted by Gasteiger charge is 2.32. The molecule has 0 aliphatic rings. The number of carbonyl (C=O) groups excluding carboxylic acids is 1. The molecule has 0 aliphatic carbocycles. The number of benzene rings is 1. The molecule has 0 aliphatic heterocycles.